The van der Waals surface area contributed by atoms with Gasteiger partial charge < -0.3 is 5.73 Å². The molecule has 1 aliphatic heterocycles. The average Bonchev–Trinajstić information content (AvgIpc) is 2.33. The summed E-state index contributed by atoms with van der Waals surface area (Å²) in [6.07, 6.45) is 4.60. The van der Waals surface area contributed by atoms with Crippen molar-refractivity contribution in [2.24, 2.45) is 5.73 Å². The van der Waals surface area contributed by atoms with Crippen LogP contribution in [0.25, 0.3) is 0 Å². The van der Waals surface area contributed by atoms with E-state index in [4.69, 9.17) is 5.73 Å². The lowest BCUT2D eigenvalue weighted by molar-refractivity contribution is 0.284. The fraction of sp³-hybridized carbons (Fsp3) is 0.429. The van der Waals surface area contributed by atoms with Crippen LogP contribution in [0.15, 0.2) is 42.0 Å². The Morgan fingerprint density at radius 3 is 2.39 bits per heavy atom. The highest BCUT2D eigenvalue weighted by Gasteiger charge is 2.10. The van der Waals surface area contributed by atoms with Crippen LogP contribution in [-0.4, -0.2) is 24.5 Å². The van der Waals surface area contributed by atoms with Gasteiger partial charge in [-0.25, -0.2) is 0 Å². The summed E-state index contributed by atoms with van der Waals surface area (Å²) >= 11 is 0. The highest BCUT2D eigenvalue weighted by atomic mass is 35.5. The number of benzene rings is 1. The largest absolute Gasteiger partial charge is 0.330 e. The fourth-order valence-electron chi connectivity index (χ4n) is 2.15. The van der Waals surface area contributed by atoms with Gasteiger partial charge in [-0.1, -0.05) is 42.0 Å². The first-order valence-electron chi connectivity index (χ1n) is 6.03. The van der Waals surface area contributed by atoms with Gasteiger partial charge >= 0.3 is 0 Å². The molecule has 0 aliphatic carbocycles. The summed E-state index contributed by atoms with van der Waals surface area (Å²) in [5.74, 6) is 0. The van der Waals surface area contributed by atoms with Crippen LogP contribution >= 0.6 is 24.8 Å². The molecule has 18 heavy (non-hydrogen) atoms. The molecule has 0 unspecified atom stereocenters. The van der Waals surface area contributed by atoms with Crippen LogP contribution in [0.1, 0.15) is 18.4 Å². The van der Waals surface area contributed by atoms with Gasteiger partial charge in [-0.15, -0.1) is 24.8 Å². The number of hydrogen-bond donors (Lipinski definition) is 1. The smallest absolute Gasteiger partial charge is 0.0237 e. The quantitative estimate of drug-likeness (QED) is 0.863. The molecule has 1 aliphatic rings. The number of nitrogens with zero attached hydrogens (tertiary/aromatic N) is 1. The Labute approximate surface area is 122 Å². The van der Waals surface area contributed by atoms with Crippen LogP contribution in [0.3, 0.4) is 0 Å². The van der Waals surface area contributed by atoms with E-state index in [0.29, 0.717) is 0 Å². The molecule has 0 bridgehead atoms. The van der Waals surface area contributed by atoms with E-state index in [1.807, 2.05) is 0 Å². The van der Waals surface area contributed by atoms with E-state index in [-0.39, 0.29) is 24.8 Å². The molecule has 0 spiro atoms. The van der Waals surface area contributed by atoms with Gasteiger partial charge in [0, 0.05) is 19.6 Å². The summed E-state index contributed by atoms with van der Waals surface area (Å²) in [5.41, 5.74) is 8.50. The number of halogens is 2. The topological polar surface area (TPSA) is 29.3 Å². The fourth-order valence-corrected chi connectivity index (χ4v) is 2.15. The molecule has 4 heteroatoms. The van der Waals surface area contributed by atoms with Crippen molar-refractivity contribution in [2.75, 3.05) is 19.6 Å². The minimum atomic E-state index is 0. The van der Waals surface area contributed by atoms with E-state index in [0.717, 1.165) is 26.1 Å². The van der Waals surface area contributed by atoms with E-state index < -0.39 is 0 Å². The van der Waals surface area contributed by atoms with Crippen molar-refractivity contribution in [3.05, 3.63) is 47.5 Å². The minimum absolute atomic E-state index is 0. The van der Waals surface area contributed by atoms with Crippen molar-refractivity contribution < 1.29 is 0 Å². The zero-order valence-electron chi connectivity index (χ0n) is 10.5. The Hall–Kier alpha value is -0.540. The third kappa shape index (κ3) is 5.40. The van der Waals surface area contributed by atoms with E-state index >= 15 is 0 Å². The molecule has 102 valence electrons. The lowest BCUT2D eigenvalue weighted by atomic mass is 10.0. The van der Waals surface area contributed by atoms with Gasteiger partial charge in [0.2, 0.25) is 0 Å². The number of nitrogens with two attached hydrogens (primary N) is 1. The molecule has 0 amide bonds. The van der Waals surface area contributed by atoms with Crippen molar-refractivity contribution in [1.82, 2.24) is 4.90 Å². The van der Waals surface area contributed by atoms with Crippen molar-refractivity contribution >= 4 is 24.8 Å². The highest BCUT2D eigenvalue weighted by molar-refractivity contribution is 5.85. The van der Waals surface area contributed by atoms with Crippen LogP contribution in [0, 0.1) is 0 Å². The monoisotopic (exact) mass is 288 g/mol. The maximum Gasteiger partial charge on any atom is 0.0237 e. The molecule has 0 atom stereocenters. The molecular weight excluding hydrogens is 267 g/mol. The first kappa shape index (κ1) is 17.5. The molecule has 0 fully saturated rings. The molecule has 1 heterocycles. The van der Waals surface area contributed by atoms with Crippen molar-refractivity contribution in [2.45, 2.75) is 19.4 Å². The Morgan fingerprint density at radius 2 is 1.83 bits per heavy atom. The third-order valence-corrected chi connectivity index (χ3v) is 3.10. The van der Waals surface area contributed by atoms with Gasteiger partial charge in [-0.2, -0.15) is 0 Å². The second kappa shape index (κ2) is 9.40. The third-order valence-electron chi connectivity index (χ3n) is 3.10. The van der Waals surface area contributed by atoms with Crippen LogP contribution < -0.4 is 5.73 Å². The van der Waals surface area contributed by atoms with Gasteiger partial charge in [-0.3, -0.25) is 4.90 Å². The molecule has 1 aromatic carbocycles. The van der Waals surface area contributed by atoms with E-state index in [1.165, 1.54) is 24.1 Å². The predicted molar refractivity (Wildman–Crippen MR) is 82.6 cm³/mol. The average molecular weight is 289 g/mol. The van der Waals surface area contributed by atoms with Crippen molar-refractivity contribution in [1.29, 1.82) is 0 Å². The Balaban J connectivity index is 0.00000144. The molecule has 0 saturated heterocycles. The van der Waals surface area contributed by atoms with E-state index in [2.05, 4.69) is 41.3 Å². The highest BCUT2D eigenvalue weighted by Crippen LogP contribution is 2.15. The Morgan fingerprint density at radius 1 is 1.11 bits per heavy atom. The molecular formula is C14H22Cl2N2. The zero-order chi connectivity index (χ0) is 11.2. The summed E-state index contributed by atoms with van der Waals surface area (Å²) in [7, 11) is 0. The molecule has 2 rings (SSSR count). The SMILES string of the molecule is Cl.Cl.NCCC1=CCN(Cc2ccccc2)CC1. The van der Waals surface area contributed by atoms with Crippen LogP contribution in [-0.2, 0) is 6.54 Å². The maximum absolute atomic E-state index is 5.56. The van der Waals surface area contributed by atoms with Crippen molar-refractivity contribution in [3.63, 3.8) is 0 Å². The van der Waals surface area contributed by atoms with Crippen LogP contribution in [0.5, 0.6) is 0 Å². The van der Waals surface area contributed by atoms with Crippen LogP contribution in [0.4, 0.5) is 0 Å². The predicted octanol–water partition coefficient (Wildman–Crippen LogP) is 3.01. The van der Waals surface area contributed by atoms with Crippen LogP contribution in [0.2, 0.25) is 0 Å². The molecule has 1 aromatic rings. The first-order chi connectivity index (χ1) is 7.88. The molecule has 2 N–H and O–H groups in total. The number of hydrogen-bond acceptors (Lipinski definition) is 2. The molecule has 0 saturated carbocycles. The van der Waals surface area contributed by atoms with Gasteiger partial charge in [0.25, 0.3) is 0 Å². The van der Waals surface area contributed by atoms with E-state index in [1.54, 1.807) is 0 Å². The summed E-state index contributed by atoms with van der Waals surface area (Å²) < 4.78 is 0. The van der Waals surface area contributed by atoms with Crippen molar-refractivity contribution in [3.8, 4) is 0 Å². The van der Waals surface area contributed by atoms with Gasteiger partial charge in [0.15, 0.2) is 0 Å². The zero-order valence-corrected chi connectivity index (χ0v) is 12.2. The summed E-state index contributed by atoms with van der Waals surface area (Å²) in [6.45, 7) is 4.09. The Kier molecular flexibility index (Phi) is 9.12. The summed E-state index contributed by atoms with van der Waals surface area (Å²) in [4.78, 5) is 2.48. The standard InChI is InChI=1S/C14H20N2.2ClH/c15-9-6-13-7-10-16(11-8-13)12-14-4-2-1-3-5-14;;/h1-5,7H,6,8-12,15H2;2*1H. The molecule has 2 nitrogen and oxygen atoms in total. The van der Waals surface area contributed by atoms with Gasteiger partial charge in [0.05, 0.1) is 0 Å². The lowest BCUT2D eigenvalue weighted by Crippen LogP contribution is -2.28. The van der Waals surface area contributed by atoms with Gasteiger partial charge in [-0.05, 0) is 24.9 Å². The summed E-state index contributed by atoms with van der Waals surface area (Å²) in [6, 6.07) is 10.7. The maximum atomic E-state index is 5.56. The van der Waals surface area contributed by atoms with Gasteiger partial charge in [0.1, 0.15) is 0 Å². The molecule has 0 aromatic heterocycles. The lowest BCUT2D eigenvalue weighted by Gasteiger charge is -2.26. The van der Waals surface area contributed by atoms with E-state index in [9.17, 15) is 0 Å². The number of rotatable bonds is 4. The summed E-state index contributed by atoms with van der Waals surface area (Å²) in [5, 5.41) is 0. The Bertz CT molecular complexity index is 352. The first-order valence-corrected chi connectivity index (χ1v) is 6.03. The minimum Gasteiger partial charge on any atom is -0.330 e. The second-order valence-corrected chi connectivity index (χ2v) is 4.37. The molecule has 0 radical (unpaired) electrons. The second-order valence-electron chi connectivity index (χ2n) is 4.37. The normalized spacial score (nSPS) is 15.3.